The molecule has 0 saturated carbocycles. The van der Waals surface area contributed by atoms with E-state index in [1.54, 1.807) is 7.05 Å². The Hall–Kier alpha value is -0.960. The van der Waals surface area contributed by atoms with Crippen molar-refractivity contribution in [1.29, 1.82) is 0 Å². The van der Waals surface area contributed by atoms with E-state index in [2.05, 4.69) is 15.5 Å². The van der Waals surface area contributed by atoms with Crippen LogP contribution in [0.3, 0.4) is 0 Å². The maximum absolute atomic E-state index is 12.5. The summed E-state index contributed by atoms with van der Waals surface area (Å²) in [4.78, 5) is 0. The van der Waals surface area contributed by atoms with Crippen molar-refractivity contribution in [2.75, 3.05) is 33.4 Å². The molecule has 2 N–H and O–H groups in total. The van der Waals surface area contributed by atoms with Crippen LogP contribution in [0.25, 0.3) is 0 Å². The van der Waals surface area contributed by atoms with Crippen LogP contribution in [0.1, 0.15) is 11.3 Å². The van der Waals surface area contributed by atoms with E-state index < -0.39 is 10.0 Å². The van der Waals surface area contributed by atoms with E-state index in [1.807, 2.05) is 6.92 Å². The Kier molecular flexibility index (Phi) is 4.00. The zero-order valence-corrected chi connectivity index (χ0v) is 11.4. The number of rotatable bonds is 4. The molecule has 18 heavy (non-hydrogen) atoms. The van der Waals surface area contributed by atoms with Crippen LogP contribution >= 0.6 is 0 Å². The smallest absolute Gasteiger partial charge is 0.262 e. The van der Waals surface area contributed by atoms with Gasteiger partial charge < -0.3 is 10.1 Å². The van der Waals surface area contributed by atoms with Crippen molar-refractivity contribution in [3.8, 4) is 0 Å². The van der Waals surface area contributed by atoms with Crippen LogP contribution in [-0.2, 0) is 21.3 Å². The molecule has 7 nitrogen and oxygen atoms in total. The number of hydrogen-bond donors (Lipinski definition) is 2. The van der Waals surface area contributed by atoms with Crippen LogP contribution in [0.5, 0.6) is 0 Å². The zero-order chi connectivity index (χ0) is 13.2. The van der Waals surface area contributed by atoms with Crippen molar-refractivity contribution >= 4 is 10.0 Å². The molecule has 0 aromatic carbocycles. The van der Waals surface area contributed by atoms with Crippen molar-refractivity contribution in [3.05, 3.63) is 11.3 Å². The molecule has 1 aromatic heterocycles. The number of H-pyrrole nitrogens is 1. The lowest BCUT2D eigenvalue weighted by atomic mass is 10.3. The van der Waals surface area contributed by atoms with Crippen molar-refractivity contribution < 1.29 is 13.2 Å². The van der Waals surface area contributed by atoms with Crippen LogP contribution in [0.2, 0.25) is 0 Å². The molecule has 0 radical (unpaired) electrons. The first-order valence-electron chi connectivity index (χ1n) is 5.83. The summed E-state index contributed by atoms with van der Waals surface area (Å²) in [7, 11) is -1.75. The maximum Gasteiger partial charge on any atom is 0.262 e. The second-order valence-corrected chi connectivity index (χ2v) is 6.03. The van der Waals surface area contributed by atoms with Crippen molar-refractivity contribution in [2.24, 2.45) is 0 Å². The van der Waals surface area contributed by atoms with Crippen molar-refractivity contribution in [2.45, 2.75) is 18.5 Å². The molecule has 1 saturated heterocycles. The van der Waals surface area contributed by atoms with Gasteiger partial charge in [-0.15, -0.1) is 0 Å². The lowest BCUT2D eigenvalue weighted by molar-refractivity contribution is 0.0729. The van der Waals surface area contributed by atoms with Crippen molar-refractivity contribution in [3.63, 3.8) is 0 Å². The Morgan fingerprint density at radius 3 is 2.72 bits per heavy atom. The molecule has 102 valence electrons. The molecule has 0 aliphatic carbocycles. The highest BCUT2D eigenvalue weighted by Gasteiger charge is 2.31. The second kappa shape index (κ2) is 5.35. The Balaban J connectivity index is 2.34. The number of aromatic amines is 1. The van der Waals surface area contributed by atoms with Gasteiger partial charge >= 0.3 is 0 Å². The molecule has 0 amide bonds. The summed E-state index contributed by atoms with van der Waals surface area (Å²) in [5.74, 6) is 0. The molecule has 0 spiro atoms. The maximum atomic E-state index is 12.5. The number of nitrogens with zero attached hydrogens (tertiary/aromatic N) is 2. The average Bonchev–Trinajstić information content (AvgIpc) is 2.73. The number of ether oxygens (including phenoxy) is 1. The summed E-state index contributed by atoms with van der Waals surface area (Å²) >= 11 is 0. The van der Waals surface area contributed by atoms with E-state index in [-0.39, 0.29) is 5.03 Å². The van der Waals surface area contributed by atoms with E-state index in [1.165, 1.54) is 4.31 Å². The fourth-order valence-electron chi connectivity index (χ4n) is 1.94. The molecule has 1 aliphatic heterocycles. The summed E-state index contributed by atoms with van der Waals surface area (Å²) in [6.45, 7) is 3.92. The monoisotopic (exact) mass is 274 g/mol. The summed E-state index contributed by atoms with van der Waals surface area (Å²) in [6.07, 6.45) is 0. The number of morpholine rings is 1. The fraction of sp³-hybridized carbons (Fsp3) is 0.700. The highest BCUT2D eigenvalue weighted by molar-refractivity contribution is 7.89. The number of nitrogens with one attached hydrogen (secondary N) is 2. The average molecular weight is 274 g/mol. The molecule has 1 fully saturated rings. The van der Waals surface area contributed by atoms with Crippen LogP contribution in [0.4, 0.5) is 0 Å². The summed E-state index contributed by atoms with van der Waals surface area (Å²) < 4.78 is 31.5. The number of hydrogen-bond acceptors (Lipinski definition) is 5. The van der Waals surface area contributed by atoms with Gasteiger partial charge in [0, 0.05) is 30.9 Å². The molecule has 1 aliphatic rings. The largest absolute Gasteiger partial charge is 0.379 e. The fourth-order valence-corrected chi connectivity index (χ4v) is 3.51. The Morgan fingerprint density at radius 2 is 2.11 bits per heavy atom. The van der Waals surface area contributed by atoms with E-state index in [0.29, 0.717) is 38.4 Å². The number of aromatic nitrogens is 2. The van der Waals surface area contributed by atoms with Gasteiger partial charge in [-0.3, -0.25) is 5.10 Å². The van der Waals surface area contributed by atoms with Crippen molar-refractivity contribution in [1.82, 2.24) is 19.8 Å². The Morgan fingerprint density at radius 1 is 1.44 bits per heavy atom. The molecular formula is C10H18N4O3S. The van der Waals surface area contributed by atoms with Gasteiger partial charge in [0.25, 0.3) is 10.0 Å². The lowest BCUT2D eigenvalue weighted by Crippen LogP contribution is -2.41. The third-order valence-electron chi connectivity index (χ3n) is 2.94. The van der Waals surface area contributed by atoms with E-state index >= 15 is 0 Å². The summed E-state index contributed by atoms with van der Waals surface area (Å²) in [5.41, 5.74) is 1.47. The quantitative estimate of drug-likeness (QED) is 0.770. The van der Waals surface area contributed by atoms with Gasteiger partial charge in [-0.25, -0.2) is 8.42 Å². The summed E-state index contributed by atoms with van der Waals surface area (Å²) in [6, 6.07) is 0. The minimum atomic E-state index is -3.52. The first-order valence-corrected chi connectivity index (χ1v) is 7.27. The molecule has 0 bridgehead atoms. The van der Waals surface area contributed by atoms with Crippen LogP contribution in [0, 0.1) is 6.92 Å². The SMILES string of the molecule is CNCc1c(S(=O)(=O)N2CCOCC2)n[nH]c1C. The van der Waals surface area contributed by atoms with Gasteiger partial charge in [0.2, 0.25) is 0 Å². The van der Waals surface area contributed by atoms with Gasteiger partial charge in [0.05, 0.1) is 13.2 Å². The first kappa shape index (κ1) is 13.5. The topological polar surface area (TPSA) is 87.3 Å². The highest BCUT2D eigenvalue weighted by Crippen LogP contribution is 2.21. The van der Waals surface area contributed by atoms with Gasteiger partial charge in [-0.05, 0) is 14.0 Å². The van der Waals surface area contributed by atoms with Gasteiger partial charge in [-0.1, -0.05) is 0 Å². The summed E-state index contributed by atoms with van der Waals surface area (Å²) in [5, 5.41) is 9.77. The van der Waals surface area contributed by atoms with Gasteiger partial charge in [0.1, 0.15) is 0 Å². The Bertz CT molecular complexity index is 505. The van der Waals surface area contributed by atoms with E-state index in [9.17, 15) is 8.42 Å². The van der Waals surface area contributed by atoms with Gasteiger partial charge in [-0.2, -0.15) is 9.40 Å². The standard InChI is InChI=1S/C10H18N4O3S/c1-8-9(7-11-2)10(13-12-8)18(15,16)14-3-5-17-6-4-14/h11H,3-7H2,1-2H3,(H,12,13). The van der Waals surface area contributed by atoms with Gasteiger partial charge in [0.15, 0.2) is 5.03 Å². The molecule has 2 rings (SSSR count). The predicted molar refractivity (Wildman–Crippen MR) is 65.7 cm³/mol. The molecule has 0 unspecified atom stereocenters. The third kappa shape index (κ3) is 2.41. The van der Waals surface area contributed by atoms with Crippen LogP contribution in [0.15, 0.2) is 5.03 Å². The molecule has 1 aromatic rings. The number of sulfonamides is 1. The minimum Gasteiger partial charge on any atom is -0.379 e. The van der Waals surface area contributed by atoms with Crippen LogP contribution < -0.4 is 5.32 Å². The lowest BCUT2D eigenvalue weighted by Gasteiger charge is -2.25. The highest BCUT2D eigenvalue weighted by atomic mass is 32.2. The number of aryl methyl sites for hydroxylation is 1. The second-order valence-electron chi connectivity index (χ2n) is 4.18. The third-order valence-corrected chi connectivity index (χ3v) is 4.82. The van der Waals surface area contributed by atoms with E-state index in [0.717, 1.165) is 5.69 Å². The predicted octanol–water partition coefficient (Wildman–Crippen LogP) is -0.542. The van der Waals surface area contributed by atoms with E-state index in [4.69, 9.17) is 4.74 Å². The first-order chi connectivity index (χ1) is 8.57. The molecular weight excluding hydrogens is 256 g/mol. The molecule has 0 atom stereocenters. The Labute approximate surface area is 107 Å². The molecule has 2 heterocycles. The minimum absolute atomic E-state index is 0.122. The molecule has 8 heteroatoms. The zero-order valence-electron chi connectivity index (χ0n) is 10.6. The normalized spacial score (nSPS) is 18.1. The van der Waals surface area contributed by atoms with Crippen LogP contribution in [-0.4, -0.2) is 56.3 Å².